The summed E-state index contributed by atoms with van der Waals surface area (Å²) in [7, 11) is 0. The number of hydrogen-bond acceptors (Lipinski definition) is 2. The van der Waals surface area contributed by atoms with E-state index in [0.717, 1.165) is 12.1 Å². The Labute approximate surface area is 111 Å². The lowest BCUT2D eigenvalue weighted by molar-refractivity contribution is 0.572. The number of halogens is 3. The molecule has 0 saturated heterocycles. The highest BCUT2D eigenvalue weighted by Crippen LogP contribution is 2.25. The third-order valence-electron chi connectivity index (χ3n) is 2.52. The molecule has 0 bridgehead atoms. The number of rotatable bonds is 2. The molecule has 1 aromatic heterocycles. The van der Waals surface area contributed by atoms with Gasteiger partial charge in [0.05, 0.1) is 18.2 Å². The Morgan fingerprint density at radius 1 is 1.44 bits per heavy atom. The molecular formula is C12H8BrF2N3. The van der Waals surface area contributed by atoms with E-state index in [9.17, 15) is 8.78 Å². The van der Waals surface area contributed by atoms with Crippen molar-refractivity contribution < 1.29 is 8.78 Å². The minimum absolute atomic E-state index is 0.135. The van der Waals surface area contributed by atoms with Crippen molar-refractivity contribution in [2.24, 2.45) is 0 Å². The van der Waals surface area contributed by atoms with Gasteiger partial charge in [-0.25, -0.2) is 13.5 Å². The molecule has 0 radical (unpaired) electrons. The SMILES string of the molecule is Cc1nn(-c2ccc(F)cc2F)c(Br)c1CC#N. The summed E-state index contributed by atoms with van der Waals surface area (Å²) in [5.41, 5.74) is 1.46. The zero-order valence-electron chi connectivity index (χ0n) is 9.41. The minimum Gasteiger partial charge on any atom is -0.223 e. The average Bonchev–Trinajstić information content (AvgIpc) is 2.58. The maximum absolute atomic E-state index is 13.7. The molecule has 1 aromatic carbocycles. The third kappa shape index (κ3) is 2.14. The first-order valence-electron chi connectivity index (χ1n) is 5.11. The van der Waals surface area contributed by atoms with Crippen molar-refractivity contribution in [3.63, 3.8) is 0 Å². The first-order chi connectivity index (χ1) is 8.54. The van der Waals surface area contributed by atoms with Crippen molar-refractivity contribution in [1.29, 1.82) is 5.26 Å². The molecule has 18 heavy (non-hydrogen) atoms. The van der Waals surface area contributed by atoms with Crippen molar-refractivity contribution in [1.82, 2.24) is 9.78 Å². The van der Waals surface area contributed by atoms with Gasteiger partial charge in [-0.3, -0.25) is 0 Å². The summed E-state index contributed by atoms with van der Waals surface area (Å²) in [6.07, 6.45) is 0.176. The van der Waals surface area contributed by atoms with Crippen LogP contribution in [-0.4, -0.2) is 9.78 Å². The van der Waals surface area contributed by atoms with Gasteiger partial charge in [0.15, 0.2) is 5.82 Å². The van der Waals surface area contributed by atoms with Crippen LogP contribution in [0.2, 0.25) is 0 Å². The fourth-order valence-electron chi connectivity index (χ4n) is 1.62. The lowest BCUT2D eigenvalue weighted by Crippen LogP contribution is -2.01. The highest BCUT2D eigenvalue weighted by molar-refractivity contribution is 9.10. The van der Waals surface area contributed by atoms with Crippen molar-refractivity contribution in [2.75, 3.05) is 0 Å². The molecule has 0 fully saturated rings. The van der Waals surface area contributed by atoms with Gasteiger partial charge in [-0.05, 0) is 35.0 Å². The summed E-state index contributed by atoms with van der Waals surface area (Å²) in [5, 5.41) is 12.9. The second-order valence-electron chi connectivity index (χ2n) is 3.70. The molecule has 0 atom stereocenters. The van der Waals surface area contributed by atoms with Crippen LogP contribution in [0.25, 0.3) is 5.69 Å². The molecular weight excluding hydrogens is 304 g/mol. The van der Waals surface area contributed by atoms with Crippen LogP contribution in [-0.2, 0) is 6.42 Å². The summed E-state index contributed by atoms with van der Waals surface area (Å²) in [6, 6.07) is 5.27. The fraction of sp³-hybridized carbons (Fsp3) is 0.167. The Bertz CT molecular complexity index is 644. The largest absolute Gasteiger partial charge is 0.223 e. The minimum atomic E-state index is -0.707. The normalized spacial score (nSPS) is 10.4. The van der Waals surface area contributed by atoms with Crippen molar-refractivity contribution >= 4 is 15.9 Å². The smallest absolute Gasteiger partial charge is 0.151 e. The molecule has 0 amide bonds. The lowest BCUT2D eigenvalue weighted by atomic mass is 10.2. The molecule has 0 aliphatic heterocycles. The molecule has 0 N–H and O–H groups in total. The Hall–Kier alpha value is -1.74. The molecule has 6 heteroatoms. The number of nitriles is 1. The predicted octanol–water partition coefficient (Wildman–Crippen LogP) is 3.29. The van der Waals surface area contributed by atoms with E-state index >= 15 is 0 Å². The zero-order valence-corrected chi connectivity index (χ0v) is 11.0. The van der Waals surface area contributed by atoms with Gasteiger partial charge in [0.1, 0.15) is 16.1 Å². The van der Waals surface area contributed by atoms with Crippen LogP contribution in [0.5, 0.6) is 0 Å². The van der Waals surface area contributed by atoms with Gasteiger partial charge in [-0.15, -0.1) is 0 Å². The van der Waals surface area contributed by atoms with Gasteiger partial charge in [0.2, 0.25) is 0 Å². The van der Waals surface area contributed by atoms with E-state index in [2.05, 4.69) is 21.0 Å². The fourth-order valence-corrected chi connectivity index (χ4v) is 2.32. The average molecular weight is 312 g/mol. The highest BCUT2D eigenvalue weighted by atomic mass is 79.9. The summed E-state index contributed by atoms with van der Waals surface area (Å²) >= 11 is 3.28. The van der Waals surface area contributed by atoms with Crippen LogP contribution in [0.1, 0.15) is 11.3 Å². The van der Waals surface area contributed by atoms with Crippen molar-refractivity contribution in [2.45, 2.75) is 13.3 Å². The number of benzene rings is 1. The number of nitrogens with zero attached hydrogens (tertiary/aromatic N) is 3. The van der Waals surface area contributed by atoms with Crippen LogP contribution in [0.4, 0.5) is 8.78 Å². The monoisotopic (exact) mass is 311 g/mol. The molecule has 0 aliphatic rings. The summed E-state index contributed by atoms with van der Waals surface area (Å²) in [5.74, 6) is -1.35. The van der Waals surface area contributed by atoms with E-state index in [1.165, 1.54) is 10.7 Å². The standard InChI is InChI=1S/C12H8BrF2N3/c1-7-9(4-5-16)12(13)18(17-7)11-3-2-8(14)6-10(11)15/h2-3,6H,4H2,1H3. The van der Waals surface area contributed by atoms with Crippen molar-refractivity contribution in [3.8, 4) is 11.8 Å². The molecule has 0 aliphatic carbocycles. The molecule has 0 spiro atoms. The predicted molar refractivity (Wildman–Crippen MR) is 65.2 cm³/mol. The Kier molecular flexibility index (Phi) is 3.43. The maximum Gasteiger partial charge on any atom is 0.151 e. The number of aromatic nitrogens is 2. The summed E-state index contributed by atoms with van der Waals surface area (Å²) in [4.78, 5) is 0. The van der Waals surface area contributed by atoms with E-state index in [-0.39, 0.29) is 12.1 Å². The third-order valence-corrected chi connectivity index (χ3v) is 3.33. The topological polar surface area (TPSA) is 41.6 Å². The molecule has 3 nitrogen and oxygen atoms in total. The van der Waals surface area contributed by atoms with E-state index in [1.807, 2.05) is 6.07 Å². The van der Waals surface area contributed by atoms with Crippen LogP contribution in [0, 0.1) is 29.9 Å². The lowest BCUT2D eigenvalue weighted by Gasteiger charge is -2.05. The van der Waals surface area contributed by atoms with E-state index in [1.54, 1.807) is 6.92 Å². The van der Waals surface area contributed by atoms with Crippen LogP contribution >= 0.6 is 15.9 Å². The molecule has 1 heterocycles. The van der Waals surface area contributed by atoms with Gasteiger partial charge in [0.25, 0.3) is 0 Å². The van der Waals surface area contributed by atoms with Gasteiger partial charge in [-0.2, -0.15) is 10.4 Å². The van der Waals surface area contributed by atoms with Gasteiger partial charge in [0, 0.05) is 11.6 Å². The van der Waals surface area contributed by atoms with Crippen molar-refractivity contribution in [3.05, 3.63) is 45.7 Å². The molecule has 0 saturated carbocycles. The first-order valence-corrected chi connectivity index (χ1v) is 5.90. The summed E-state index contributed by atoms with van der Waals surface area (Å²) < 4.78 is 28.3. The summed E-state index contributed by atoms with van der Waals surface area (Å²) in [6.45, 7) is 1.73. The Morgan fingerprint density at radius 3 is 2.78 bits per heavy atom. The van der Waals surface area contributed by atoms with Crippen LogP contribution in [0.3, 0.4) is 0 Å². The van der Waals surface area contributed by atoms with Gasteiger partial charge in [-0.1, -0.05) is 0 Å². The maximum atomic E-state index is 13.7. The second kappa shape index (κ2) is 4.86. The molecule has 92 valence electrons. The van der Waals surface area contributed by atoms with Crippen LogP contribution in [0.15, 0.2) is 22.8 Å². The molecule has 2 rings (SSSR count). The molecule has 2 aromatic rings. The Balaban J connectivity index is 2.58. The van der Waals surface area contributed by atoms with E-state index < -0.39 is 11.6 Å². The second-order valence-corrected chi connectivity index (χ2v) is 4.45. The highest BCUT2D eigenvalue weighted by Gasteiger charge is 2.16. The first kappa shape index (κ1) is 12.7. The van der Waals surface area contributed by atoms with E-state index in [4.69, 9.17) is 5.26 Å². The van der Waals surface area contributed by atoms with E-state index in [0.29, 0.717) is 15.9 Å². The quantitative estimate of drug-likeness (QED) is 0.854. The van der Waals surface area contributed by atoms with Crippen LogP contribution < -0.4 is 0 Å². The number of hydrogen-bond donors (Lipinski definition) is 0. The Morgan fingerprint density at radius 2 is 2.17 bits per heavy atom. The number of aryl methyl sites for hydroxylation is 1. The molecule has 0 unspecified atom stereocenters. The van der Waals surface area contributed by atoms with Gasteiger partial charge >= 0.3 is 0 Å². The van der Waals surface area contributed by atoms with Gasteiger partial charge < -0.3 is 0 Å². The zero-order chi connectivity index (χ0) is 13.3.